The van der Waals surface area contributed by atoms with E-state index in [0.29, 0.717) is 80.4 Å². The van der Waals surface area contributed by atoms with Gasteiger partial charge >= 0.3 is 0 Å². The number of hydrogen-bond donors (Lipinski definition) is 2. The van der Waals surface area contributed by atoms with Gasteiger partial charge in [0.05, 0.1) is 41.9 Å². The Morgan fingerprint density at radius 3 is 2.62 bits per heavy atom. The van der Waals surface area contributed by atoms with E-state index in [2.05, 4.69) is 4.98 Å². The quantitative estimate of drug-likeness (QED) is 0.377. The molecule has 1 atom stereocenters. The van der Waals surface area contributed by atoms with Crippen molar-refractivity contribution in [1.82, 2.24) is 18.8 Å². The maximum atomic E-state index is 13.7. The molecule has 0 saturated carbocycles. The molecule has 2 aliphatic rings. The van der Waals surface area contributed by atoms with Crippen LogP contribution >= 0.6 is 0 Å². The van der Waals surface area contributed by atoms with E-state index in [0.717, 1.165) is 18.4 Å². The molecule has 0 amide bonds. The predicted octanol–water partition coefficient (Wildman–Crippen LogP) is 2.94. The van der Waals surface area contributed by atoms with Gasteiger partial charge in [0, 0.05) is 31.4 Å². The van der Waals surface area contributed by atoms with Gasteiger partial charge in [-0.2, -0.15) is 4.31 Å². The predicted molar refractivity (Wildman–Crippen MR) is 150 cm³/mol. The van der Waals surface area contributed by atoms with Gasteiger partial charge in [0.2, 0.25) is 10.0 Å². The van der Waals surface area contributed by atoms with Crippen LogP contribution in [0.25, 0.3) is 22.4 Å². The van der Waals surface area contributed by atoms with Gasteiger partial charge in [-0.25, -0.2) is 13.4 Å². The number of aromatic amines is 1. The molecular weight excluding hydrogens is 536 g/mol. The average Bonchev–Trinajstić information content (AvgIpc) is 3.59. The Morgan fingerprint density at radius 2 is 1.98 bits per heavy atom. The molecule has 0 bridgehead atoms. The number of benzene rings is 1. The Kier molecular flexibility index (Phi) is 8.62. The fourth-order valence-corrected chi connectivity index (χ4v) is 7.25. The highest BCUT2D eigenvalue weighted by molar-refractivity contribution is 7.89. The zero-order valence-electron chi connectivity index (χ0n) is 23.3. The minimum atomic E-state index is -3.80. The van der Waals surface area contributed by atoms with Crippen LogP contribution in [0.4, 0.5) is 0 Å². The molecule has 4 heterocycles. The van der Waals surface area contributed by atoms with E-state index in [9.17, 15) is 18.3 Å². The number of H-pyrrole nitrogens is 1. The molecule has 5 rings (SSSR count). The third kappa shape index (κ3) is 5.30. The van der Waals surface area contributed by atoms with Crippen LogP contribution < -0.4 is 10.3 Å². The van der Waals surface area contributed by atoms with E-state index in [-0.39, 0.29) is 34.9 Å². The molecule has 218 valence electrons. The number of ether oxygens (including phenoxy) is 3. The Bertz CT molecular complexity index is 1520. The highest BCUT2D eigenvalue weighted by Gasteiger charge is 2.35. The molecule has 40 heavy (non-hydrogen) atoms. The van der Waals surface area contributed by atoms with Gasteiger partial charge in [0.1, 0.15) is 23.9 Å². The van der Waals surface area contributed by atoms with Crippen molar-refractivity contribution in [3.05, 3.63) is 39.8 Å². The van der Waals surface area contributed by atoms with E-state index in [1.807, 2.05) is 13.8 Å². The first-order valence-corrected chi connectivity index (χ1v) is 15.4. The van der Waals surface area contributed by atoms with Crippen molar-refractivity contribution in [3.8, 4) is 17.1 Å². The summed E-state index contributed by atoms with van der Waals surface area (Å²) in [5.41, 5.74) is 2.36. The molecule has 0 radical (unpaired) electrons. The van der Waals surface area contributed by atoms with Gasteiger partial charge < -0.3 is 28.9 Å². The lowest BCUT2D eigenvalue weighted by Gasteiger charge is -2.33. The average molecular weight is 575 g/mol. The zero-order chi connectivity index (χ0) is 28.4. The van der Waals surface area contributed by atoms with Gasteiger partial charge in [-0.1, -0.05) is 20.3 Å². The number of aliphatic hydroxyl groups excluding tert-OH is 1. The highest BCUT2D eigenvalue weighted by atomic mass is 32.2. The second-order valence-corrected chi connectivity index (χ2v) is 12.4. The summed E-state index contributed by atoms with van der Waals surface area (Å²) < 4.78 is 47.6. The van der Waals surface area contributed by atoms with Crippen molar-refractivity contribution in [1.29, 1.82) is 0 Å². The number of aryl methyl sites for hydroxylation is 2. The number of sulfonamides is 1. The fourth-order valence-electron chi connectivity index (χ4n) is 5.75. The molecule has 12 heteroatoms. The van der Waals surface area contributed by atoms with Crippen molar-refractivity contribution in [2.24, 2.45) is 13.0 Å². The maximum absolute atomic E-state index is 13.7. The topological polar surface area (TPSA) is 136 Å². The smallest absolute Gasteiger partial charge is 0.275 e. The minimum absolute atomic E-state index is 0.0196. The number of aliphatic hydroxyl groups is 1. The third-order valence-corrected chi connectivity index (χ3v) is 9.79. The summed E-state index contributed by atoms with van der Waals surface area (Å²) in [4.78, 5) is 21.1. The summed E-state index contributed by atoms with van der Waals surface area (Å²) in [6.45, 7) is 5.85. The van der Waals surface area contributed by atoms with Crippen molar-refractivity contribution >= 4 is 21.1 Å². The summed E-state index contributed by atoms with van der Waals surface area (Å²) in [7, 11) is -2.07. The fraction of sp³-hybridized carbons (Fsp3) is 0.571. The summed E-state index contributed by atoms with van der Waals surface area (Å²) in [6.07, 6.45) is 3.63. The van der Waals surface area contributed by atoms with Crippen LogP contribution in [0.1, 0.15) is 50.8 Å². The Labute approximate surface area is 234 Å². The van der Waals surface area contributed by atoms with Crippen LogP contribution in [0.15, 0.2) is 27.9 Å². The van der Waals surface area contributed by atoms with Crippen molar-refractivity contribution < 1.29 is 27.7 Å². The zero-order valence-corrected chi connectivity index (χ0v) is 24.1. The highest BCUT2D eigenvalue weighted by Crippen LogP contribution is 2.34. The molecule has 2 saturated heterocycles. The molecule has 2 N–H and O–H groups in total. The van der Waals surface area contributed by atoms with Crippen LogP contribution in [0.3, 0.4) is 0 Å². The largest absolute Gasteiger partial charge is 0.493 e. The van der Waals surface area contributed by atoms with Gasteiger partial charge in [-0.3, -0.25) is 4.79 Å². The van der Waals surface area contributed by atoms with Gasteiger partial charge in [-0.15, -0.1) is 0 Å². The second-order valence-electron chi connectivity index (χ2n) is 10.4. The Morgan fingerprint density at radius 1 is 1.20 bits per heavy atom. The number of nitrogens with zero attached hydrogens (tertiary/aromatic N) is 3. The first kappa shape index (κ1) is 28.7. The van der Waals surface area contributed by atoms with E-state index < -0.39 is 10.0 Å². The number of fused-ring (bicyclic) bond motifs is 1. The lowest BCUT2D eigenvalue weighted by atomic mass is 9.93. The molecule has 0 spiro atoms. The molecule has 2 aliphatic heterocycles. The molecule has 1 aromatic carbocycles. The first-order valence-electron chi connectivity index (χ1n) is 14.0. The van der Waals surface area contributed by atoms with Crippen molar-refractivity contribution in [3.63, 3.8) is 0 Å². The summed E-state index contributed by atoms with van der Waals surface area (Å²) >= 11 is 0. The maximum Gasteiger partial charge on any atom is 0.275 e. The molecule has 0 aliphatic carbocycles. The number of piperidine rings is 1. The van der Waals surface area contributed by atoms with Gasteiger partial charge in [0.25, 0.3) is 5.56 Å². The lowest BCUT2D eigenvalue weighted by Crippen LogP contribution is -2.41. The Balaban J connectivity index is 1.54. The molecule has 2 fully saturated rings. The molecule has 3 aromatic rings. The SMILES string of the molecule is CCCOc1ccc(S(=O)(=O)N2CCC([C@H]3COCO3)CC2)cc1-c1nc2c(CCC)c(CO)n(C)c2c(=O)[nH]1. The normalized spacial score (nSPS) is 19.1. The van der Waals surface area contributed by atoms with Crippen LogP contribution in [0.5, 0.6) is 5.75 Å². The van der Waals surface area contributed by atoms with Crippen LogP contribution in [-0.4, -0.2) is 71.6 Å². The number of nitrogens with one attached hydrogen (secondary N) is 1. The van der Waals surface area contributed by atoms with Gasteiger partial charge in [-0.05, 0) is 49.8 Å². The van der Waals surface area contributed by atoms with Crippen LogP contribution in [0, 0.1) is 5.92 Å². The van der Waals surface area contributed by atoms with Gasteiger partial charge in [0.15, 0.2) is 0 Å². The molecular formula is C28H38N4O7S. The first-order chi connectivity index (χ1) is 19.3. The molecule has 2 aromatic heterocycles. The van der Waals surface area contributed by atoms with E-state index in [4.69, 9.17) is 19.2 Å². The molecule has 11 nitrogen and oxygen atoms in total. The van der Waals surface area contributed by atoms with Crippen molar-refractivity contribution in [2.45, 2.75) is 63.6 Å². The number of aromatic nitrogens is 3. The van der Waals surface area contributed by atoms with Crippen LogP contribution in [-0.2, 0) is 39.6 Å². The van der Waals surface area contributed by atoms with Crippen molar-refractivity contribution in [2.75, 3.05) is 33.1 Å². The van der Waals surface area contributed by atoms with Crippen LogP contribution in [0.2, 0.25) is 0 Å². The summed E-state index contributed by atoms with van der Waals surface area (Å²) in [5, 5.41) is 10.0. The third-order valence-electron chi connectivity index (χ3n) is 7.90. The summed E-state index contributed by atoms with van der Waals surface area (Å²) in [5.74, 6) is 0.934. The van der Waals surface area contributed by atoms with E-state index in [1.54, 1.807) is 29.8 Å². The van der Waals surface area contributed by atoms with E-state index in [1.165, 1.54) is 4.31 Å². The number of rotatable bonds is 10. The second kappa shape index (κ2) is 12.0. The standard InChI is InChI=1S/C28H38N4O7S/c1-4-6-20-22(15-33)31(3)26-25(20)29-27(30-28(26)34)21-14-19(7-8-23(21)38-13-5-2)40(35,36)32-11-9-18(10-12-32)24-16-37-17-39-24/h7-8,14,18,24,33H,4-6,9-13,15-17H2,1-3H3,(H,29,30,34)/t24-/m1/s1. The molecule has 0 unspecified atom stereocenters. The lowest BCUT2D eigenvalue weighted by molar-refractivity contribution is 0.0184. The minimum Gasteiger partial charge on any atom is -0.493 e. The number of hydrogen-bond acceptors (Lipinski definition) is 8. The Hall–Kier alpha value is -2.77. The summed E-state index contributed by atoms with van der Waals surface area (Å²) in [6, 6.07) is 4.73. The monoisotopic (exact) mass is 574 g/mol. The van der Waals surface area contributed by atoms with E-state index >= 15 is 0 Å².